The smallest absolute Gasteiger partial charge is 0.123 e. The SMILES string of the molecule is CN1CCN(C)C(CC(Cc2ccc(F)cc2)NN)C1. The van der Waals surface area contributed by atoms with Crippen molar-refractivity contribution >= 4 is 0 Å². The summed E-state index contributed by atoms with van der Waals surface area (Å²) in [5, 5.41) is 0. The average Bonchev–Trinajstić information content (AvgIpc) is 2.44. The van der Waals surface area contributed by atoms with Crippen LogP contribution in [0.2, 0.25) is 0 Å². The molecule has 1 saturated heterocycles. The highest BCUT2D eigenvalue weighted by atomic mass is 19.1. The molecule has 1 aliphatic rings. The fraction of sp³-hybridized carbons (Fsp3) is 0.600. The largest absolute Gasteiger partial charge is 0.304 e. The van der Waals surface area contributed by atoms with Crippen LogP contribution in [0.5, 0.6) is 0 Å². The van der Waals surface area contributed by atoms with E-state index in [0.29, 0.717) is 6.04 Å². The van der Waals surface area contributed by atoms with Crippen LogP contribution in [0.3, 0.4) is 0 Å². The Labute approximate surface area is 120 Å². The molecule has 0 aliphatic carbocycles. The summed E-state index contributed by atoms with van der Waals surface area (Å²) < 4.78 is 12.9. The van der Waals surface area contributed by atoms with Crippen LogP contribution in [0.15, 0.2) is 24.3 Å². The molecule has 0 spiro atoms. The Kier molecular flexibility index (Phi) is 5.48. The van der Waals surface area contributed by atoms with E-state index in [9.17, 15) is 4.39 Å². The van der Waals surface area contributed by atoms with Crippen molar-refractivity contribution in [2.24, 2.45) is 5.84 Å². The van der Waals surface area contributed by atoms with E-state index >= 15 is 0 Å². The number of rotatable bonds is 5. The van der Waals surface area contributed by atoms with Crippen molar-refractivity contribution in [1.29, 1.82) is 0 Å². The van der Waals surface area contributed by atoms with Gasteiger partial charge < -0.3 is 9.80 Å². The number of piperazine rings is 1. The number of halogens is 1. The van der Waals surface area contributed by atoms with E-state index in [-0.39, 0.29) is 11.9 Å². The molecular weight excluding hydrogens is 255 g/mol. The maximum Gasteiger partial charge on any atom is 0.123 e. The van der Waals surface area contributed by atoms with Crippen LogP contribution in [-0.2, 0) is 6.42 Å². The summed E-state index contributed by atoms with van der Waals surface area (Å²) in [6.07, 6.45) is 1.82. The van der Waals surface area contributed by atoms with Crippen molar-refractivity contribution in [2.75, 3.05) is 33.7 Å². The second-order valence-corrected chi connectivity index (χ2v) is 5.83. The van der Waals surface area contributed by atoms with Gasteiger partial charge in [0.15, 0.2) is 0 Å². The minimum absolute atomic E-state index is 0.195. The highest BCUT2D eigenvalue weighted by molar-refractivity contribution is 5.17. The first-order chi connectivity index (χ1) is 9.58. The van der Waals surface area contributed by atoms with E-state index in [0.717, 1.165) is 38.0 Å². The predicted octanol–water partition coefficient (Wildman–Crippen LogP) is 0.836. The van der Waals surface area contributed by atoms with Crippen molar-refractivity contribution < 1.29 is 4.39 Å². The van der Waals surface area contributed by atoms with Gasteiger partial charge >= 0.3 is 0 Å². The van der Waals surface area contributed by atoms with Crippen LogP contribution in [-0.4, -0.2) is 55.6 Å². The monoisotopic (exact) mass is 280 g/mol. The molecule has 4 nitrogen and oxygen atoms in total. The van der Waals surface area contributed by atoms with Crippen molar-refractivity contribution in [3.8, 4) is 0 Å². The van der Waals surface area contributed by atoms with Crippen LogP contribution >= 0.6 is 0 Å². The van der Waals surface area contributed by atoms with Crippen LogP contribution in [0, 0.1) is 5.82 Å². The first-order valence-electron chi connectivity index (χ1n) is 7.18. The number of nitrogens with two attached hydrogens (primary N) is 1. The Morgan fingerprint density at radius 2 is 2.00 bits per heavy atom. The Bertz CT molecular complexity index is 409. The third-order valence-corrected chi connectivity index (χ3v) is 4.17. The summed E-state index contributed by atoms with van der Waals surface area (Å²) in [6, 6.07) is 7.38. The lowest BCUT2D eigenvalue weighted by molar-refractivity contribution is 0.101. The second kappa shape index (κ2) is 7.13. The predicted molar refractivity (Wildman–Crippen MR) is 79.7 cm³/mol. The molecule has 0 aromatic heterocycles. The van der Waals surface area contributed by atoms with Gasteiger partial charge in [0.1, 0.15) is 5.82 Å². The van der Waals surface area contributed by atoms with E-state index in [1.54, 1.807) is 0 Å². The summed E-state index contributed by atoms with van der Waals surface area (Å²) in [6.45, 7) is 3.28. The minimum Gasteiger partial charge on any atom is -0.304 e. The molecule has 1 aromatic carbocycles. The fourth-order valence-corrected chi connectivity index (χ4v) is 2.80. The van der Waals surface area contributed by atoms with Crippen LogP contribution in [0.1, 0.15) is 12.0 Å². The van der Waals surface area contributed by atoms with Crippen LogP contribution < -0.4 is 11.3 Å². The first-order valence-corrected chi connectivity index (χ1v) is 7.18. The van der Waals surface area contributed by atoms with Gasteiger partial charge in [-0.3, -0.25) is 11.3 Å². The normalized spacial score (nSPS) is 22.9. The zero-order valence-corrected chi connectivity index (χ0v) is 12.3. The summed E-state index contributed by atoms with van der Waals surface area (Å²) in [5.41, 5.74) is 4.02. The van der Waals surface area contributed by atoms with Crippen LogP contribution in [0.25, 0.3) is 0 Å². The van der Waals surface area contributed by atoms with Gasteiger partial charge in [0, 0.05) is 31.7 Å². The molecule has 1 aliphatic heterocycles. The maximum absolute atomic E-state index is 12.9. The van der Waals surface area contributed by atoms with Gasteiger partial charge in [-0.25, -0.2) is 4.39 Å². The number of nitrogens with zero attached hydrogens (tertiary/aromatic N) is 2. The molecule has 3 N–H and O–H groups in total. The topological polar surface area (TPSA) is 44.5 Å². The molecular formula is C15H25FN4. The summed E-state index contributed by atoms with van der Waals surface area (Å²) >= 11 is 0. The summed E-state index contributed by atoms with van der Waals surface area (Å²) in [5.74, 6) is 5.50. The molecule has 20 heavy (non-hydrogen) atoms. The lowest BCUT2D eigenvalue weighted by Gasteiger charge is -2.39. The van der Waals surface area contributed by atoms with Crippen molar-refractivity contribution in [2.45, 2.75) is 24.9 Å². The van der Waals surface area contributed by atoms with Gasteiger partial charge in [-0.05, 0) is 44.6 Å². The highest BCUT2D eigenvalue weighted by Crippen LogP contribution is 2.14. The molecule has 0 bridgehead atoms. The van der Waals surface area contributed by atoms with Gasteiger partial charge in [-0.15, -0.1) is 0 Å². The van der Waals surface area contributed by atoms with Crippen molar-refractivity contribution in [3.63, 3.8) is 0 Å². The Hall–Kier alpha value is -1.01. The zero-order chi connectivity index (χ0) is 14.5. The van der Waals surface area contributed by atoms with E-state index in [1.807, 2.05) is 12.1 Å². The Morgan fingerprint density at radius 1 is 1.30 bits per heavy atom. The highest BCUT2D eigenvalue weighted by Gasteiger charge is 2.24. The molecule has 0 saturated carbocycles. The van der Waals surface area contributed by atoms with E-state index in [1.165, 1.54) is 12.1 Å². The Morgan fingerprint density at radius 3 is 2.65 bits per heavy atom. The van der Waals surface area contributed by atoms with Crippen molar-refractivity contribution in [3.05, 3.63) is 35.6 Å². The molecule has 0 radical (unpaired) electrons. The number of hydrogen-bond donors (Lipinski definition) is 2. The lowest BCUT2D eigenvalue weighted by atomic mass is 9.98. The number of likely N-dealkylation sites (N-methyl/N-ethyl adjacent to an activating group) is 2. The number of benzene rings is 1. The maximum atomic E-state index is 12.9. The first kappa shape index (κ1) is 15.4. The number of hydrogen-bond acceptors (Lipinski definition) is 4. The quantitative estimate of drug-likeness (QED) is 0.619. The van der Waals surface area contributed by atoms with E-state index < -0.39 is 0 Å². The number of nitrogens with one attached hydrogen (secondary N) is 1. The number of hydrazine groups is 1. The van der Waals surface area contributed by atoms with E-state index in [4.69, 9.17) is 5.84 Å². The van der Waals surface area contributed by atoms with Gasteiger partial charge in [-0.1, -0.05) is 12.1 Å². The third kappa shape index (κ3) is 4.24. The molecule has 0 amide bonds. The Balaban J connectivity index is 1.92. The second-order valence-electron chi connectivity index (χ2n) is 5.83. The summed E-state index contributed by atoms with van der Waals surface area (Å²) in [7, 11) is 4.33. The van der Waals surface area contributed by atoms with Crippen molar-refractivity contribution in [1.82, 2.24) is 15.2 Å². The molecule has 5 heteroatoms. The third-order valence-electron chi connectivity index (χ3n) is 4.17. The average molecular weight is 280 g/mol. The minimum atomic E-state index is -0.195. The van der Waals surface area contributed by atoms with Gasteiger partial charge in [-0.2, -0.15) is 0 Å². The van der Waals surface area contributed by atoms with Gasteiger partial charge in [0.2, 0.25) is 0 Å². The van der Waals surface area contributed by atoms with Crippen LogP contribution in [0.4, 0.5) is 4.39 Å². The molecule has 112 valence electrons. The van der Waals surface area contributed by atoms with Gasteiger partial charge in [0.25, 0.3) is 0 Å². The summed E-state index contributed by atoms with van der Waals surface area (Å²) in [4.78, 5) is 4.76. The molecule has 2 atom stereocenters. The lowest BCUT2D eigenvalue weighted by Crippen LogP contribution is -2.53. The van der Waals surface area contributed by atoms with E-state index in [2.05, 4.69) is 29.3 Å². The van der Waals surface area contributed by atoms with Gasteiger partial charge in [0.05, 0.1) is 0 Å². The molecule has 1 fully saturated rings. The molecule has 1 aromatic rings. The zero-order valence-electron chi connectivity index (χ0n) is 12.3. The fourth-order valence-electron chi connectivity index (χ4n) is 2.80. The molecule has 2 rings (SSSR count). The molecule has 2 unspecified atom stereocenters. The molecule has 1 heterocycles. The standard InChI is InChI=1S/C15H25FN4/c1-19-7-8-20(2)15(11-19)10-14(18-17)9-12-3-5-13(16)6-4-12/h3-6,14-15,18H,7-11,17H2,1-2H3.